The minimum absolute atomic E-state index is 0.301. The Labute approximate surface area is 156 Å². The molecule has 27 heavy (non-hydrogen) atoms. The highest BCUT2D eigenvalue weighted by Gasteiger charge is 2.38. The topological polar surface area (TPSA) is 179 Å². The molecule has 1 fully saturated rings. The Bertz CT molecular complexity index is 608. The molecule has 0 aromatic heterocycles. The fourth-order valence-corrected chi connectivity index (χ4v) is 2.78. The molecule has 152 valence electrons. The van der Waals surface area contributed by atoms with Gasteiger partial charge in [-0.3, -0.25) is 19.2 Å². The normalized spacial score (nSPS) is 18.7. The number of nitrogens with one attached hydrogen (secondary N) is 2. The number of rotatable bonds is 9. The fourth-order valence-electron chi connectivity index (χ4n) is 2.78. The van der Waals surface area contributed by atoms with Crippen molar-refractivity contribution in [2.45, 2.75) is 51.2 Å². The number of likely N-dealkylation sites (tertiary alicyclic amines) is 1. The van der Waals surface area contributed by atoms with Crippen molar-refractivity contribution in [1.29, 1.82) is 0 Å². The molecule has 0 bridgehead atoms. The molecular formula is C16H26N4O7. The first-order valence-electron chi connectivity index (χ1n) is 8.62. The summed E-state index contributed by atoms with van der Waals surface area (Å²) in [5.74, 6) is -4.59. The number of carbonyl (C=O) groups excluding carboxylic acids is 3. The summed E-state index contributed by atoms with van der Waals surface area (Å²) in [6.07, 6.45) is 0.350. The second kappa shape index (κ2) is 9.86. The van der Waals surface area contributed by atoms with E-state index in [9.17, 15) is 29.1 Å². The van der Waals surface area contributed by atoms with Crippen LogP contribution in [0.4, 0.5) is 0 Å². The van der Waals surface area contributed by atoms with Crippen LogP contribution >= 0.6 is 0 Å². The summed E-state index contributed by atoms with van der Waals surface area (Å²) in [7, 11) is 0. The first kappa shape index (κ1) is 22.4. The molecule has 3 amide bonds. The molecular weight excluding hydrogens is 360 g/mol. The van der Waals surface area contributed by atoms with Gasteiger partial charge in [0.15, 0.2) is 0 Å². The molecule has 0 aromatic carbocycles. The predicted molar refractivity (Wildman–Crippen MR) is 92.4 cm³/mol. The number of hydrogen-bond donors (Lipinski definition) is 5. The maximum atomic E-state index is 12.7. The number of carboxylic acid groups (broad SMARTS) is 2. The van der Waals surface area contributed by atoms with Crippen molar-refractivity contribution in [2.75, 3.05) is 13.1 Å². The van der Waals surface area contributed by atoms with Crippen molar-refractivity contribution in [2.24, 2.45) is 11.7 Å². The van der Waals surface area contributed by atoms with Gasteiger partial charge in [-0.2, -0.15) is 0 Å². The lowest BCUT2D eigenvalue weighted by atomic mass is 10.0. The second-order valence-corrected chi connectivity index (χ2v) is 6.74. The van der Waals surface area contributed by atoms with Crippen LogP contribution in [0.25, 0.3) is 0 Å². The maximum absolute atomic E-state index is 12.7. The molecule has 1 heterocycles. The van der Waals surface area contributed by atoms with Crippen LogP contribution in [0, 0.1) is 5.92 Å². The van der Waals surface area contributed by atoms with Gasteiger partial charge in [-0.05, 0) is 18.8 Å². The van der Waals surface area contributed by atoms with Crippen molar-refractivity contribution >= 4 is 29.7 Å². The Hall–Kier alpha value is -2.69. The van der Waals surface area contributed by atoms with Gasteiger partial charge < -0.3 is 31.5 Å². The number of carboxylic acids is 2. The van der Waals surface area contributed by atoms with Crippen LogP contribution < -0.4 is 16.4 Å². The van der Waals surface area contributed by atoms with Crippen LogP contribution in [-0.2, 0) is 24.0 Å². The lowest BCUT2D eigenvalue weighted by molar-refractivity contribution is -0.150. The van der Waals surface area contributed by atoms with Gasteiger partial charge in [0.1, 0.15) is 12.1 Å². The van der Waals surface area contributed by atoms with Crippen molar-refractivity contribution in [1.82, 2.24) is 15.5 Å². The number of nitrogens with two attached hydrogens (primary N) is 1. The molecule has 0 saturated carbocycles. The SMILES string of the molecule is CC(C)C(NC(=O)CNC(=O)C(N)CC(=O)O)C(=O)N1CCCC1C(=O)O. The summed E-state index contributed by atoms with van der Waals surface area (Å²) in [5.41, 5.74) is 5.39. The van der Waals surface area contributed by atoms with Gasteiger partial charge in [0.2, 0.25) is 17.7 Å². The standard InChI is InChI=1S/C16H26N4O7/c1-8(2)13(15(25)20-5-3-4-10(20)16(26)27)19-11(21)7-18-14(24)9(17)6-12(22)23/h8-10,13H,3-7,17H2,1-2H3,(H,18,24)(H,19,21)(H,22,23)(H,26,27). The van der Waals surface area contributed by atoms with Crippen molar-refractivity contribution < 1.29 is 34.2 Å². The zero-order valence-corrected chi connectivity index (χ0v) is 15.3. The highest BCUT2D eigenvalue weighted by molar-refractivity contribution is 5.93. The highest BCUT2D eigenvalue weighted by atomic mass is 16.4. The average molecular weight is 386 g/mol. The predicted octanol–water partition coefficient (Wildman–Crippen LogP) is -1.88. The molecule has 1 saturated heterocycles. The first-order chi connectivity index (χ1) is 12.5. The molecule has 3 atom stereocenters. The van der Waals surface area contributed by atoms with Gasteiger partial charge in [-0.25, -0.2) is 4.79 Å². The molecule has 1 rings (SSSR count). The zero-order chi connectivity index (χ0) is 20.7. The number of carbonyl (C=O) groups is 5. The van der Waals surface area contributed by atoms with E-state index in [0.29, 0.717) is 19.4 Å². The van der Waals surface area contributed by atoms with Gasteiger partial charge >= 0.3 is 11.9 Å². The number of amides is 3. The third-order valence-corrected chi connectivity index (χ3v) is 4.22. The quantitative estimate of drug-likeness (QED) is 0.305. The van der Waals surface area contributed by atoms with E-state index in [4.69, 9.17) is 10.8 Å². The van der Waals surface area contributed by atoms with Crippen molar-refractivity contribution in [3.8, 4) is 0 Å². The minimum atomic E-state index is -1.29. The monoisotopic (exact) mass is 386 g/mol. The molecule has 6 N–H and O–H groups in total. The minimum Gasteiger partial charge on any atom is -0.481 e. The third-order valence-electron chi connectivity index (χ3n) is 4.22. The van der Waals surface area contributed by atoms with E-state index in [-0.39, 0.29) is 5.92 Å². The van der Waals surface area contributed by atoms with E-state index >= 15 is 0 Å². The molecule has 11 nitrogen and oxygen atoms in total. The Morgan fingerprint density at radius 2 is 1.81 bits per heavy atom. The van der Waals surface area contributed by atoms with E-state index in [2.05, 4.69) is 10.6 Å². The third kappa shape index (κ3) is 6.51. The Morgan fingerprint density at radius 3 is 2.33 bits per heavy atom. The first-order valence-corrected chi connectivity index (χ1v) is 8.62. The van der Waals surface area contributed by atoms with Gasteiger partial charge in [0, 0.05) is 6.54 Å². The van der Waals surface area contributed by atoms with Crippen LogP contribution in [0.1, 0.15) is 33.1 Å². The number of nitrogens with zero attached hydrogens (tertiary/aromatic N) is 1. The van der Waals surface area contributed by atoms with Gasteiger partial charge in [-0.1, -0.05) is 13.8 Å². The Balaban J connectivity index is 2.65. The fraction of sp³-hybridized carbons (Fsp3) is 0.688. The van der Waals surface area contributed by atoms with Crippen LogP contribution in [-0.4, -0.2) is 76.0 Å². The molecule has 1 aliphatic heterocycles. The van der Waals surface area contributed by atoms with Crippen LogP contribution in [0.15, 0.2) is 0 Å². The highest BCUT2D eigenvalue weighted by Crippen LogP contribution is 2.20. The molecule has 11 heteroatoms. The second-order valence-electron chi connectivity index (χ2n) is 6.74. The Kier molecular flexibility index (Phi) is 8.16. The number of aliphatic carboxylic acids is 2. The van der Waals surface area contributed by atoms with Crippen molar-refractivity contribution in [3.63, 3.8) is 0 Å². The summed E-state index contributed by atoms with van der Waals surface area (Å²) >= 11 is 0. The Morgan fingerprint density at radius 1 is 1.19 bits per heavy atom. The molecule has 0 aliphatic carbocycles. The molecule has 0 spiro atoms. The van der Waals surface area contributed by atoms with Gasteiger partial charge in [-0.15, -0.1) is 0 Å². The lowest BCUT2D eigenvalue weighted by Crippen LogP contribution is -2.55. The zero-order valence-electron chi connectivity index (χ0n) is 15.3. The lowest BCUT2D eigenvalue weighted by Gasteiger charge is -2.29. The summed E-state index contributed by atoms with van der Waals surface area (Å²) in [6.45, 7) is 3.23. The van der Waals surface area contributed by atoms with Gasteiger partial charge in [0.05, 0.1) is 19.0 Å². The van der Waals surface area contributed by atoms with E-state index in [1.54, 1.807) is 13.8 Å². The van der Waals surface area contributed by atoms with E-state index in [0.717, 1.165) is 0 Å². The number of hydrogen-bond acceptors (Lipinski definition) is 6. The summed E-state index contributed by atoms with van der Waals surface area (Å²) in [6, 6.07) is -3.15. The average Bonchev–Trinajstić information content (AvgIpc) is 3.05. The maximum Gasteiger partial charge on any atom is 0.326 e. The molecule has 3 unspecified atom stereocenters. The van der Waals surface area contributed by atoms with E-state index in [1.165, 1.54) is 4.90 Å². The smallest absolute Gasteiger partial charge is 0.326 e. The molecule has 1 aliphatic rings. The van der Waals surface area contributed by atoms with Crippen LogP contribution in [0.3, 0.4) is 0 Å². The van der Waals surface area contributed by atoms with E-state index in [1.807, 2.05) is 0 Å². The molecule has 0 aromatic rings. The van der Waals surface area contributed by atoms with E-state index < -0.39 is 60.8 Å². The summed E-state index contributed by atoms with van der Waals surface area (Å²) < 4.78 is 0. The molecule has 0 radical (unpaired) electrons. The van der Waals surface area contributed by atoms with Crippen molar-refractivity contribution in [3.05, 3.63) is 0 Å². The summed E-state index contributed by atoms with van der Waals surface area (Å²) in [5, 5.41) is 22.5. The van der Waals surface area contributed by atoms with Gasteiger partial charge in [0.25, 0.3) is 0 Å². The van der Waals surface area contributed by atoms with Crippen LogP contribution in [0.5, 0.6) is 0 Å². The largest absolute Gasteiger partial charge is 0.481 e. The summed E-state index contributed by atoms with van der Waals surface area (Å²) in [4.78, 5) is 59.4. The van der Waals surface area contributed by atoms with Crippen LogP contribution in [0.2, 0.25) is 0 Å².